The van der Waals surface area contributed by atoms with Crippen LogP contribution in [0.4, 0.5) is 0 Å². The summed E-state index contributed by atoms with van der Waals surface area (Å²) in [7, 11) is -3.87. The number of esters is 1. The summed E-state index contributed by atoms with van der Waals surface area (Å²) in [6.45, 7) is 5.86. The number of carbonyl (C=O) groups is 1. The molecule has 0 amide bonds. The summed E-state index contributed by atoms with van der Waals surface area (Å²) in [5.41, 5.74) is 3.58. The van der Waals surface area contributed by atoms with Gasteiger partial charge in [-0.05, 0) is 48.1 Å². The quantitative estimate of drug-likeness (QED) is 0.349. The third-order valence-corrected chi connectivity index (χ3v) is 8.25. The molecule has 2 N–H and O–H groups in total. The van der Waals surface area contributed by atoms with E-state index in [9.17, 15) is 18.3 Å². The fourth-order valence-electron chi connectivity index (χ4n) is 4.79. The van der Waals surface area contributed by atoms with Crippen LogP contribution < -0.4 is 4.72 Å². The molecule has 0 spiro atoms. The lowest BCUT2D eigenvalue weighted by atomic mass is 9.91. The van der Waals surface area contributed by atoms with E-state index in [1.165, 1.54) is 0 Å². The van der Waals surface area contributed by atoms with Crippen molar-refractivity contribution in [3.63, 3.8) is 0 Å². The highest BCUT2D eigenvalue weighted by atomic mass is 32.2. The van der Waals surface area contributed by atoms with E-state index in [-0.39, 0.29) is 10.8 Å². The van der Waals surface area contributed by atoms with Gasteiger partial charge < -0.3 is 9.84 Å². The van der Waals surface area contributed by atoms with Crippen LogP contribution in [0.3, 0.4) is 0 Å². The van der Waals surface area contributed by atoms with Crippen molar-refractivity contribution in [1.29, 1.82) is 0 Å². The van der Waals surface area contributed by atoms with Crippen molar-refractivity contribution in [2.75, 3.05) is 0 Å². The number of fused-ring (bicyclic) bond motifs is 1. The molecule has 0 radical (unpaired) electrons. The Morgan fingerprint density at radius 2 is 1.68 bits per heavy atom. The van der Waals surface area contributed by atoms with E-state index in [2.05, 4.69) is 4.72 Å². The van der Waals surface area contributed by atoms with Crippen LogP contribution in [0.2, 0.25) is 0 Å². The number of aliphatic hydroxyl groups is 1. The number of benzene rings is 3. The van der Waals surface area contributed by atoms with Gasteiger partial charge in [0.1, 0.15) is 6.10 Å². The molecule has 38 heavy (non-hydrogen) atoms. The van der Waals surface area contributed by atoms with Gasteiger partial charge in [-0.2, -0.15) is 4.72 Å². The molecule has 7 heteroatoms. The summed E-state index contributed by atoms with van der Waals surface area (Å²) in [5, 5.41) is 11.0. The van der Waals surface area contributed by atoms with Gasteiger partial charge in [-0.1, -0.05) is 98.3 Å². The predicted octanol–water partition coefficient (Wildman–Crippen LogP) is 5.22. The first kappa shape index (κ1) is 27.8. The van der Waals surface area contributed by atoms with Crippen LogP contribution in [0.5, 0.6) is 0 Å². The highest BCUT2D eigenvalue weighted by Gasteiger charge is 2.40. The molecule has 3 aromatic carbocycles. The Morgan fingerprint density at radius 1 is 1.03 bits per heavy atom. The van der Waals surface area contributed by atoms with E-state index >= 15 is 0 Å². The molecular weight excluding hydrogens is 498 g/mol. The van der Waals surface area contributed by atoms with Crippen molar-refractivity contribution in [2.45, 2.75) is 56.8 Å². The van der Waals surface area contributed by atoms with Crippen LogP contribution in [0.1, 0.15) is 48.6 Å². The van der Waals surface area contributed by atoms with E-state index in [4.69, 9.17) is 4.74 Å². The second kappa shape index (κ2) is 12.1. The Hall–Kier alpha value is -3.26. The van der Waals surface area contributed by atoms with Crippen molar-refractivity contribution < 1.29 is 23.1 Å². The number of hydrogen-bond donors (Lipinski definition) is 2. The highest BCUT2D eigenvalue weighted by Crippen LogP contribution is 2.35. The Kier molecular flexibility index (Phi) is 8.82. The van der Waals surface area contributed by atoms with Crippen molar-refractivity contribution in [2.24, 2.45) is 11.8 Å². The van der Waals surface area contributed by atoms with Crippen LogP contribution in [-0.4, -0.2) is 31.7 Å². The summed E-state index contributed by atoms with van der Waals surface area (Å²) < 4.78 is 35.3. The third kappa shape index (κ3) is 6.78. The molecule has 0 aliphatic heterocycles. The van der Waals surface area contributed by atoms with Gasteiger partial charge in [0.05, 0.1) is 23.0 Å². The van der Waals surface area contributed by atoms with E-state index in [1.807, 2.05) is 75.4 Å². The zero-order valence-corrected chi connectivity index (χ0v) is 22.8. The molecule has 4 rings (SSSR count). The lowest BCUT2D eigenvalue weighted by molar-refractivity contribution is -0.158. The number of hydrogen-bond acceptors (Lipinski definition) is 5. The molecule has 4 atom stereocenters. The summed E-state index contributed by atoms with van der Waals surface area (Å²) in [4.78, 5) is 13.6. The Morgan fingerprint density at radius 3 is 2.37 bits per heavy atom. The van der Waals surface area contributed by atoms with Gasteiger partial charge in [-0.25, -0.2) is 8.42 Å². The molecule has 0 saturated heterocycles. The molecule has 0 fully saturated rings. The molecule has 0 heterocycles. The summed E-state index contributed by atoms with van der Waals surface area (Å²) in [6.07, 6.45) is 2.43. The van der Waals surface area contributed by atoms with E-state index in [1.54, 1.807) is 36.4 Å². The lowest BCUT2D eigenvalue weighted by Crippen LogP contribution is -2.39. The van der Waals surface area contributed by atoms with Crippen molar-refractivity contribution in [3.05, 3.63) is 107 Å². The number of carbonyl (C=O) groups excluding carboxylic acids is 1. The van der Waals surface area contributed by atoms with Gasteiger partial charge in [0.25, 0.3) is 0 Å². The van der Waals surface area contributed by atoms with Crippen LogP contribution in [0, 0.1) is 18.8 Å². The normalized spacial score (nSPS) is 18.9. The molecule has 200 valence electrons. The SMILES string of the molecule is Cc1ccc(S(=O)(=O)N[C@H]2c3ccccc3C[C@H]2OC(=O)[C@@H](CC(C)C)[C@@H](O)/C=C/c2ccccc2)cc1. The summed E-state index contributed by atoms with van der Waals surface area (Å²) in [5.74, 6) is -1.18. The van der Waals surface area contributed by atoms with E-state index < -0.39 is 40.2 Å². The molecular formula is C31H35NO5S. The Labute approximate surface area is 225 Å². The van der Waals surface area contributed by atoms with Gasteiger partial charge in [-0.15, -0.1) is 0 Å². The van der Waals surface area contributed by atoms with Gasteiger partial charge in [0, 0.05) is 6.42 Å². The molecule has 0 aromatic heterocycles. The molecule has 0 unspecified atom stereocenters. The maximum atomic E-state index is 13.5. The lowest BCUT2D eigenvalue weighted by Gasteiger charge is -2.26. The second-order valence-electron chi connectivity index (χ2n) is 10.3. The number of nitrogens with one attached hydrogen (secondary N) is 1. The van der Waals surface area contributed by atoms with Gasteiger partial charge in [0.15, 0.2) is 0 Å². The third-order valence-electron chi connectivity index (χ3n) is 6.79. The summed E-state index contributed by atoms with van der Waals surface area (Å²) in [6, 6.07) is 22.9. The minimum Gasteiger partial charge on any atom is -0.460 e. The largest absolute Gasteiger partial charge is 0.460 e. The van der Waals surface area contributed by atoms with Crippen molar-refractivity contribution in [1.82, 2.24) is 4.72 Å². The first-order chi connectivity index (χ1) is 18.1. The first-order valence-corrected chi connectivity index (χ1v) is 14.4. The molecule has 1 aliphatic carbocycles. The van der Waals surface area contributed by atoms with Crippen molar-refractivity contribution in [3.8, 4) is 0 Å². The number of rotatable bonds is 10. The molecule has 0 saturated carbocycles. The number of aryl methyl sites for hydroxylation is 1. The molecule has 0 bridgehead atoms. The zero-order valence-electron chi connectivity index (χ0n) is 21.9. The molecule has 6 nitrogen and oxygen atoms in total. The number of sulfonamides is 1. The topological polar surface area (TPSA) is 92.7 Å². The molecule has 3 aromatic rings. The maximum Gasteiger partial charge on any atom is 0.312 e. The van der Waals surface area contributed by atoms with Crippen LogP contribution in [0.15, 0.2) is 89.8 Å². The fourth-order valence-corrected chi connectivity index (χ4v) is 6.03. The predicted molar refractivity (Wildman–Crippen MR) is 149 cm³/mol. The van der Waals surface area contributed by atoms with E-state index in [0.717, 1.165) is 22.3 Å². The average molecular weight is 534 g/mol. The number of ether oxygens (including phenoxy) is 1. The summed E-state index contributed by atoms with van der Waals surface area (Å²) >= 11 is 0. The second-order valence-corrected chi connectivity index (χ2v) is 12.0. The van der Waals surface area contributed by atoms with Gasteiger partial charge >= 0.3 is 5.97 Å². The van der Waals surface area contributed by atoms with E-state index in [0.29, 0.717) is 12.8 Å². The Balaban J connectivity index is 1.56. The van der Waals surface area contributed by atoms with Crippen LogP contribution >= 0.6 is 0 Å². The first-order valence-electron chi connectivity index (χ1n) is 12.9. The average Bonchev–Trinajstić information content (AvgIpc) is 3.22. The van der Waals surface area contributed by atoms with Gasteiger partial charge in [-0.3, -0.25) is 4.79 Å². The standard InChI is InChI=1S/C31H35NO5S/c1-21(2)19-27(28(33)18-15-23-9-5-4-6-10-23)31(34)37-29-20-24-11-7-8-12-26(24)30(29)32-38(35,36)25-16-13-22(3)14-17-25/h4-18,21,27-30,32-33H,19-20H2,1-3H3/b18-15+/t27-,28-,29+,30-/m0/s1. The minimum absolute atomic E-state index is 0.143. The number of aliphatic hydroxyl groups excluding tert-OH is 1. The zero-order chi connectivity index (χ0) is 27.3. The molecule has 1 aliphatic rings. The van der Waals surface area contributed by atoms with Crippen LogP contribution in [0.25, 0.3) is 6.08 Å². The minimum atomic E-state index is -3.87. The highest BCUT2D eigenvalue weighted by molar-refractivity contribution is 7.89. The monoisotopic (exact) mass is 533 g/mol. The smallest absolute Gasteiger partial charge is 0.312 e. The Bertz CT molecular complexity index is 1370. The van der Waals surface area contributed by atoms with Crippen LogP contribution in [-0.2, 0) is 26.0 Å². The van der Waals surface area contributed by atoms with Crippen molar-refractivity contribution >= 4 is 22.1 Å². The fraction of sp³-hybridized carbons (Fsp3) is 0.323. The maximum absolute atomic E-state index is 13.5. The van der Waals surface area contributed by atoms with Gasteiger partial charge in [0.2, 0.25) is 10.0 Å².